The molecule has 3 nitrogen and oxygen atoms in total. The zero-order valence-electron chi connectivity index (χ0n) is 10.4. The molecule has 1 aromatic carbocycles. The average Bonchev–Trinajstić information content (AvgIpc) is 2.46. The molecule has 0 spiro atoms. The van der Waals surface area contributed by atoms with Gasteiger partial charge < -0.3 is 0 Å². The van der Waals surface area contributed by atoms with Crippen molar-refractivity contribution in [3.05, 3.63) is 48.0 Å². The lowest BCUT2D eigenvalue weighted by molar-refractivity contribution is 0.752. The molecule has 2 aromatic rings. The molecule has 0 unspecified atom stereocenters. The van der Waals surface area contributed by atoms with Crippen LogP contribution in [-0.4, -0.2) is 9.97 Å². The van der Waals surface area contributed by atoms with Gasteiger partial charge in [0.15, 0.2) is 0 Å². The molecule has 1 heterocycles. The maximum Gasteiger partial charge on any atom is 0.128 e. The maximum atomic E-state index is 8.74. The van der Waals surface area contributed by atoms with E-state index in [1.54, 1.807) is 12.1 Å². The van der Waals surface area contributed by atoms with Gasteiger partial charge in [0.25, 0.3) is 0 Å². The van der Waals surface area contributed by atoms with Crippen molar-refractivity contribution in [1.82, 2.24) is 9.97 Å². The van der Waals surface area contributed by atoms with Crippen molar-refractivity contribution >= 4 is 0 Å². The number of hydrogen-bond acceptors (Lipinski definition) is 3. The molecule has 0 aliphatic rings. The summed E-state index contributed by atoms with van der Waals surface area (Å²) in [5, 5.41) is 8.74. The highest BCUT2D eigenvalue weighted by atomic mass is 14.9. The van der Waals surface area contributed by atoms with Crippen molar-refractivity contribution in [2.75, 3.05) is 0 Å². The number of nitriles is 1. The Bertz CT molecular complexity index is 535. The van der Waals surface area contributed by atoms with Crippen molar-refractivity contribution in [3.63, 3.8) is 0 Å². The summed E-state index contributed by atoms with van der Waals surface area (Å²) in [7, 11) is 0. The number of hydrogen-bond donors (Lipinski definition) is 0. The summed E-state index contributed by atoms with van der Waals surface area (Å²) in [5.74, 6) is 0.897. The molecular weight excluding hydrogens is 222 g/mol. The predicted molar refractivity (Wildman–Crippen MR) is 70.8 cm³/mol. The van der Waals surface area contributed by atoms with Crippen molar-refractivity contribution in [1.29, 1.82) is 5.26 Å². The monoisotopic (exact) mass is 237 g/mol. The smallest absolute Gasteiger partial charge is 0.128 e. The van der Waals surface area contributed by atoms with Crippen LogP contribution >= 0.6 is 0 Å². The van der Waals surface area contributed by atoms with Gasteiger partial charge in [0.2, 0.25) is 0 Å². The molecule has 0 bridgehead atoms. The molecule has 0 atom stereocenters. The van der Waals surface area contributed by atoms with Crippen molar-refractivity contribution in [2.45, 2.75) is 26.2 Å². The van der Waals surface area contributed by atoms with Gasteiger partial charge in [-0.25, -0.2) is 9.97 Å². The van der Waals surface area contributed by atoms with E-state index >= 15 is 0 Å². The third-order valence-electron chi connectivity index (χ3n) is 2.81. The Kier molecular flexibility index (Phi) is 4.03. The van der Waals surface area contributed by atoms with E-state index in [1.807, 2.05) is 24.5 Å². The van der Waals surface area contributed by atoms with Crippen LogP contribution in [0, 0.1) is 11.3 Å². The normalized spacial score (nSPS) is 10.0. The summed E-state index contributed by atoms with van der Waals surface area (Å²) in [6.45, 7) is 2.16. The Hall–Kier alpha value is -2.21. The second kappa shape index (κ2) is 5.92. The van der Waals surface area contributed by atoms with Crippen molar-refractivity contribution < 1.29 is 0 Å². The van der Waals surface area contributed by atoms with E-state index in [2.05, 4.69) is 23.0 Å². The highest BCUT2D eigenvalue weighted by Crippen LogP contribution is 2.18. The second-order valence-corrected chi connectivity index (χ2v) is 4.18. The lowest BCUT2D eigenvalue weighted by Gasteiger charge is -2.02. The van der Waals surface area contributed by atoms with Crippen LogP contribution in [0.3, 0.4) is 0 Å². The highest BCUT2D eigenvalue weighted by Gasteiger charge is 2.00. The van der Waals surface area contributed by atoms with E-state index in [0.29, 0.717) is 5.56 Å². The number of aromatic nitrogens is 2. The minimum Gasteiger partial charge on any atom is -0.241 e. The fourth-order valence-electron chi connectivity index (χ4n) is 1.71. The van der Waals surface area contributed by atoms with Crippen molar-refractivity contribution in [2.24, 2.45) is 0 Å². The van der Waals surface area contributed by atoms with E-state index in [4.69, 9.17) is 5.26 Å². The van der Waals surface area contributed by atoms with Crippen LogP contribution in [0.1, 0.15) is 31.2 Å². The van der Waals surface area contributed by atoms with Crippen LogP contribution in [0.2, 0.25) is 0 Å². The van der Waals surface area contributed by atoms with Gasteiger partial charge >= 0.3 is 0 Å². The fraction of sp³-hybridized carbons (Fsp3) is 0.267. The molecule has 2 rings (SSSR count). The molecular formula is C15H15N3. The lowest BCUT2D eigenvalue weighted by Crippen LogP contribution is -1.94. The fourth-order valence-corrected chi connectivity index (χ4v) is 1.71. The van der Waals surface area contributed by atoms with E-state index in [0.717, 1.165) is 36.2 Å². The van der Waals surface area contributed by atoms with Crippen LogP contribution in [0.15, 0.2) is 36.7 Å². The predicted octanol–water partition coefficient (Wildman–Crippen LogP) is 3.36. The number of rotatable bonds is 4. The molecule has 18 heavy (non-hydrogen) atoms. The van der Waals surface area contributed by atoms with Gasteiger partial charge in [0, 0.05) is 24.4 Å². The minimum absolute atomic E-state index is 0.666. The summed E-state index contributed by atoms with van der Waals surface area (Å²) in [4.78, 5) is 8.72. The van der Waals surface area contributed by atoms with Gasteiger partial charge in [-0.05, 0) is 24.1 Å². The van der Waals surface area contributed by atoms with Crippen LogP contribution in [0.4, 0.5) is 0 Å². The van der Waals surface area contributed by atoms with Gasteiger partial charge in [-0.15, -0.1) is 0 Å². The second-order valence-electron chi connectivity index (χ2n) is 4.18. The van der Waals surface area contributed by atoms with Crippen molar-refractivity contribution in [3.8, 4) is 17.2 Å². The van der Waals surface area contributed by atoms with Crippen LogP contribution in [-0.2, 0) is 6.42 Å². The Morgan fingerprint density at radius 2 is 1.72 bits per heavy atom. The Balaban J connectivity index is 2.15. The maximum absolute atomic E-state index is 8.74. The van der Waals surface area contributed by atoms with Gasteiger partial charge in [0.05, 0.1) is 11.6 Å². The highest BCUT2D eigenvalue weighted by molar-refractivity contribution is 5.62. The van der Waals surface area contributed by atoms with E-state index in [1.165, 1.54) is 0 Å². The van der Waals surface area contributed by atoms with Gasteiger partial charge in [-0.2, -0.15) is 5.26 Å². The van der Waals surface area contributed by atoms with E-state index in [9.17, 15) is 0 Å². The molecule has 0 amide bonds. The number of aryl methyl sites for hydroxylation is 1. The Morgan fingerprint density at radius 3 is 2.28 bits per heavy atom. The molecule has 3 heteroatoms. The van der Waals surface area contributed by atoms with E-state index in [-0.39, 0.29) is 0 Å². The summed E-state index contributed by atoms with van der Waals surface area (Å²) in [5.41, 5.74) is 2.69. The van der Waals surface area contributed by atoms with Crippen LogP contribution in [0.25, 0.3) is 11.1 Å². The Labute approximate surface area is 107 Å². The third-order valence-corrected chi connectivity index (χ3v) is 2.81. The summed E-state index contributed by atoms with van der Waals surface area (Å²) in [6, 6.07) is 9.56. The summed E-state index contributed by atoms with van der Waals surface area (Å²) >= 11 is 0. The molecule has 0 N–H and O–H groups in total. The topological polar surface area (TPSA) is 49.6 Å². The molecule has 0 fully saturated rings. The largest absolute Gasteiger partial charge is 0.241 e. The molecule has 0 radical (unpaired) electrons. The zero-order valence-corrected chi connectivity index (χ0v) is 10.4. The first kappa shape index (κ1) is 12.3. The lowest BCUT2D eigenvalue weighted by atomic mass is 10.1. The van der Waals surface area contributed by atoms with Gasteiger partial charge in [0.1, 0.15) is 5.82 Å². The first-order valence-electron chi connectivity index (χ1n) is 6.15. The average molecular weight is 237 g/mol. The van der Waals surface area contributed by atoms with Crippen LogP contribution < -0.4 is 0 Å². The third kappa shape index (κ3) is 2.92. The molecule has 0 saturated carbocycles. The number of benzene rings is 1. The first-order chi connectivity index (χ1) is 8.83. The van der Waals surface area contributed by atoms with Gasteiger partial charge in [-0.1, -0.05) is 25.5 Å². The standard InChI is InChI=1S/C15H15N3/c1-2-3-4-15-17-10-14(11-18-15)13-7-5-12(9-16)6-8-13/h5-8,10-11H,2-4H2,1H3. The van der Waals surface area contributed by atoms with Crippen LogP contribution in [0.5, 0.6) is 0 Å². The molecule has 0 saturated heterocycles. The quantitative estimate of drug-likeness (QED) is 0.819. The molecule has 0 aliphatic carbocycles. The summed E-state index contributed by atoms with van der Waals surface area (Å²) in [6.07, 6.45) is 6.90. The number of nitrogens with zero attached hydrogens (tertiary/aromatic N) is 3. The molecule has 1 aromatic heterocycles. The first-order valence-corrected chi connectivity index (χ1v) is 6.15. The van der Waals surface area contributed by atoms with E-state index < -0.39 is 0 Å². The minimum atomic E-state index is 0.666. The SMILES string of the molecule is CCCCc1ncc(-c2ccc(C#N)cc2)cn1. The summed E-state index contributed by atoms with van der Waals surface area (Å²) < 4.78 is 0. The Morgan fingerprint density at radius 1 is 1.06 bits per heavy atom. The number of unbranched alkanes of at least 4 members (excludes halogenated alkanes) is 1. The molecule has 0 aliphatic heterocycles. The van der Waals surface area contributed by atoms with Gasteiger partial charge in [-0.3, -0.25) is 0 Å². The molecule has 90 valence electrons. The zero-order chi connectivity index (χ0) is 12.8.